The molecule has 5 rings (SSSR count). The zero-order valence-corrected chi connectivity index (χ0v) is 23.7. The van der Waals surface area contributed by atoms with Gasteiger partial charge in [0, 0.05) is 42.4 Å². The maximum atomic E-state index is 13.5. The SMILES string of the molecule is CC(C)(C)OC(=O)NCc1cc2cc(-c3ccc(C(=O)N4CCC(F)(F)CC4)cc3)cc(-c3cccc(C#N)c3)c2o1. The number of piperidine rings is 1. The zero-order valence-electron chi connectivity index (χ0n) is 23.7. The molecule has 1 aromatic heterocycles. The standard InChI is InChI=1S/C33H31F2N3O4/c1-32(2,3)42-31(40)37-20-27-17-26-16-25(18-28(29(26)41-27)24-6-4-5-21(15-24)19-36)22-7-9-23(10-8-22)30(39)38-13-11-33(34,35)12-14-38/h4-10,15-18H,11-14,20H2,1-3H3,(H,37,40). The average molecular weight is 572 g/mol. The Morgan fingerprint density at radius 1 is 1.00 bits per heavy atom. The van der Waals surface area contributed by atoms with E-state index in [1.54, 1.807) is 51.1 Å². The Morgan fingerprint density at radius 2 is 1.71 bits per heavy atom. The molecule has 216 valence electrons. The highest BCUT2D eigenvalue weighted by Crippen LogP contribution is 2.37. The van der Waals surface area contributed by atoms with Crippen molar-refractivity contribution in [3.63, 3.8) is 0 Å². The molecule has 0 saturated carbocycles. The number of alkyl halides is 2. The predicted molar refractivity (Wildman–Crippen MR) is 155 cm³/mol. The van der Waals surface area contributed by atoms with Crippen LogP contribution >= 0.6 is 0 Å². The summed E-state index contributed by atoms with van der Waals surface area (Å²) in [5.41, 5.74) is 4.15. The van der Waals surface area contributed by atoms with Gasteiger partial charge in [-0.05, 0) is 79.9 Å². The summed E-state index contributed by atoms with van der Waals surface area (Å²) in [5, 5.41) is 13.0. The van der Waals surface area contributed by atoms with Crippen molar-refractivity contribution in [1.82, 2.24) is 10.2 Å². The predicted octanol–water partition coefficient (Wildman–Crippen LogP) is 7.53. The number of furan rings is 1. The molecule has 1 fully saturated rings. The van der Waals surface area contributed by atoms with Gasteiger partial charge in [0.05, 0.1) is 18.2 Å². The Bertz CT molecular complexity index is 1670. The maximum absolute atomic E-state index is 13.5. The molecule has 4 aromatic rings. The van der Waals surface area contributed by atoms with Crippen molar-refractivity contribution in [3.05, 3.63) is 83.6 Å². The van der Waals surface area contributed by atoms with Crippen LogP contribution in [0.1, 0.15) is 55.3 Å². The summed E-state index contributed by atoms with van der Waals surface area (Å²) in [6, 6.07) is 22.2. The summed E-state index contributed by atoms with van der Waals surface area (Å²) in [6.07, 6.45) is -1.21. The molecule has 0 aliphatic carbocycles. The molecule has 0 unspecified atom stereocenters. The number of nitrogens with zero attached hydrogens (tertiary/aromatic N) is 2. The van der Waals surface area contributed by atoms with Gasteiger partial charge in [0.25, 0.3) is 11.8 Å². The van der Waals surface area contributed by atoms with Crippen molar-refractivity contribution in [2.75, 3.05) is 13.1 Å². The maximum Gasteiger partial charge on any atom is 0.408 e. The van der Waals surface area contributed by atoms with Gasteiger partial charge >= 0.3 is 6.09 Å². The van der Waals surface area contributed by atoms with Crippen LogP contribution in [0.2, 0.25) is 0 Å². The van der Waals surface area contributed by atoms with Gasteiger partial charge in [-0.1, -0.05) is 24.3 Å². The third-order valence-electron chi connectivity index (χ3n) is 7.02. The summed E-state index contributed by atoms with van der Waals surface area (Å²) >= 11 is 0. The number of nitriles is 1. The zero-order chi connectivity index (χ0) is 30.1. The Hall–Kier alpha value is -4.71. The van der Waals surface area contributed by atoms with Crippen molar-refractivity contribution in [2.45, 2.75) is 51.7 Å². The van der Waals surface area contributed by atoms with Gasteiger partial charge in [-0.25, -0.2) is 13.6 Å². The third kappa shape index (κ3) is 6.60. The van der Waals surface area contributed by atoms with Gasteiger partial charge in [0.2, 0.25) is 0 Å². The van der Waals surface area contributed by atoms with E-state index in [0.717, 1.165) is 27.6 Å². The minimum atomic E-state index is -2.72. The lowest BCUT2D eigenvalue weighted by atomic mass is 9.95. The highest BCUT2D eigenvalue weighted by atomic mass is 19.3. The van der Waals surface area contributed by atoms with E-state index in [4.69, 9.17) is 9.15 Å². The van der Waals surface area contributed by atoms with Crippen molar-refractivity contribution in [1.29, 1.82) is 5.26 Å². The van der Waals surface area contributed by atoms with E-state index >= 15 is 0 Å². The second-order valence-electron chi connectivity index (χ2n) is 11.4. The van der Waals surface area contributed by atoms with E-state index in [1.807, 2.05) is 36.4 Å². The third-order valence-corrected chi connectivity index (χ3v) is 7.02. The van der Waals surface area contributed by atoms with Crippen LogP contribution in [0.3, 0.4) is 0 Å². The topological polar surface area (TPSA) is 95.6 Å². The Morgan fingerprint density at radius 3 is 2.38 bits per heavy atom. The van der Waals surface area contributed by atoms with E-state index in [9.17, 15) is 23.6 Å². The van der Waals surface area contributed by atoms with Crippen LogP contribution in [0.15, 0.2) is 71.1 Å². The first kappa shape index (κ1) is 28.8. The number of nitrogens with one attached hydrogen (secondary N) is 1. The molecule has 0 radical (unpaired) electrons. The Kier molecular flexibility index (Phi) is 7.74. The van der Waals surface area contributed by atoms with Gasteiger partial charge in [0.15, 0.2) is 0 Å². The smallest absolute Gasteiger partial charge is 0.408 e. The summed E-state index contributed by atoms with van der Waals surface area (Å²) in [5.74, 6) is -2.46. The number of rotatable bonds is 5. The van der Waals surface area contributed by atoms with Crippen molar-refractivity contribution in [2.24, 2.45) is 0 Å². The van der Waals surface area contributed by atoms with Gasteiger partial charge in [-0.2, -0.15) is 5.26 Å². The average Bonchev–Trinajstić information content (AvgIpc) is 3.37. The Balaban J connectivity index is 1.46. The number of benzene rings is 3. The monoisotopic (exact) mass is 571 g/mol. The fourth-order valence-electron chi connectivity index (χ4n) is 4.93. The normalized spacial score (nSPS) is 14.8. The second-order valence-corrected chi connectivity index (χ2v) is 11.4. The number of carbonyl (C=O) groups excluding carboxylic acids is 2. The van der Waals surface area contributed by atoms with Crippen LogP contribution in [-0.2, 0) is 11.3 Å². The number of carbonyl (C=O) groups is 2. The minimum Gasteiger partial charge on any atom is -0.459 e. The lowest BCUT2D eigenvalue weighted by molar-refractivity contribution is -0.0494. The summed E-state index contributed by atoms with van der Waals surface area (Å²) < 4.78 is 38.6. The first-order valence-corrected chi connectivity index (χ1v) is 13.7. The first-order chi connectivity index (χ1) is 19.9. The number of fused-ring (bicyclic) bond motifs is 1. The van der Waals surface area contributed by atoms with E-state index in [2.05, 4.69) is 11.4 Å². The number of ether oxygens (including phenoxy) is 1. The van der Waals surface area contributed by atoms with Gasteiger partial charge in [-0.3, -0.25) is 4.79 Å². The van der Waals surface area contributed by atoms with Crippen molar-refractivity contribution in [3.8, 4) is 28.3 Å². The number of hydrogen-bond acceptors (Lipinski definition) is 5. The molecule has 0 bridgehead atoms. The molecule has 2 amide bonds. The molecule has 2 heterocycles. The van der Waals surface area contributed by atoms with Crippen LogP contribution in [-0.4, -0.2) is 41.5 Å². The fourth-order valence-corrected chi connectivity index (χ4v) is 4.93. The molecule has 1 N–H and O–H groups in total. The molecular weight excluding hydrogens is 540 g/mol. The molecule has 3 aromatic carbocycles. The van der Waals surface area contributed by atoms with Crippen LogP contribution < -0.4 is 5.32 Å². The summed E-state index contributed by atoms with van der Waals surface area (Å²) in [4.78, 5) is 26.6. The van der Waals surface area contributed by atoms with E-state index < -0.39 is 17.6 Å². The molecule has 1 aliphatic heterocycles. The van der Waals surface area contributed by atoms with Gasteiger partial charge < -0.3 is 19.4 Å². The Labute approximate surface area is 242 Å². The molecule has 1 saturated heterocycles. The number of amides is 2. The van der Waals surface area contributed by atoms with E-state index in [0.29, 0.717) is 22.5 Å². The van der Waals surface area contributed by atoms with E-state index in [-0.39, 0.29) is 38.4 Å². The lowest BCUT2D eigenvalue weighted by Gasteiger charge is -2.31. The highest BCUT2D eigenvalue weighted by molar-refractivity contribution is 5.98. The number of likely N-dealkylation sites (tertiary alicyclic amines) is 1. The molecule has 0 spiro atoms. The van der Waals surface area contributed by atoms with E-state index in [1.165, 1.54) is 4.90 Å². The highest BCUT2D eigenvalue weighted by Gasteiger charge is 2.35. The number of halogens is 2. The molecule has 1 aliphatic rings. The number of alkyl carbamates (subject to hydrolysis) is 1. The van der Waals surface area contributed by atoms with Crippen molar-refractivity contribution < 1.29 is 27.5 Å². The van der Waals surface area contributed by atoms with Crippen LogP contribution in [0.5, 0.6) is 0 Å². The fraction of sp³-hybridized carbons (Fsp3) is 0.303. The summed E-state index contributed by atoms with van der Waals surface area (Å²) in [6.45, 7) is 5.54. The second kappa shape index (κ2) is 11.3. The quantitative estimate of drug-likeness (QED) is 0.267. The molecule has 0 atom stereocenters. The van der Waals surface area contributed by atoms with Gasteiger partial charge in [-0.15, -0.1) is 0 Å². The largest absolute Gasteiger partial charge is 0.459 e. The molecule has 42 heavy (non-hydrogen) atoms. The minimum absolute atomic E-state index is 0.0288. The van der Waals surface area contributed by atoms with Crippen LogP contribution in [0.4, 0.5) is 13.6 Å². The van der Waals surface area contributed by atoms with Crippen LogP contribution in [0, 0.1) is 11.3 Å². The number of hydrogen-bond donors (Lipinski definition) is 1. The summed E-state index contributed by atoms with van der Waals surface area (Å²) in [7, 11) is 0. The first-order valence-electron chi connectivity index (χ1n) is 13.7. The molecule has 9 heteroatoms. The molecular formula is C33H31F2N3O4. The molecule has 7 nitrogen and oxygen atoms in total. The van der Waals surface area contributed by atoms with Gasteiger partial charge in [0.1, 0.15) is 16.9 Å². The lowest BCUT2D eigenvalue weighted by Crippen LogP contribution is -2.42. The van der Waals surface area contributed by atoms with Crippen LogP contribution in [0.25, 0.3) is 33.2 Å². The van der Waals surface area contributed by atoms with Crippen molar-refractivity contribution >= 4 is 23.0 Å².